The molecule has 12 atom stereocenters. The number of aliphatic hydroxyl groups is 2. The lowest BCUT2D eigenvalue weighted by Crippen LogP contribution is -2.70. The van der Waals surface area contributed by atoms with Crippen LogP contribution in [0.2, 0.25) is 0 Å². The molecule has 9 nitrogen and oxygen atoms in total. The fraction of sp³-hybridized carbons (Fsp3) is 0.690. The van der Waals surface area contributed by atoms with E-state index in [4.69, 9.17) is 18.9 Å². The van der Waals surface area contributed by atoms with Crippen molar-refractivity contribution in [3.8, 4) is 0 Å². The second-order valence-electron chi connectivity index (χ2n) is 18.0. The highest BCUT2D eigenvalue weighted by molar-refractivity contribution is 5.89. The van der Waals surface area contributed by atoms with Gasteiger partial charge in [0.1, 0.15) is 24.4 Å². The topological polar surface area (TPSA) is 129 Å². The van der Waals surface area contributed by atoms with Crippen molar-refractivity contribution in [1.82, 2.24) is 0 Å². The van der Waals surface area contributed by atoms with Crippen LogP contribution in [0.3, 0.4) is 0 Å². The van der Waals surface area contributed by atoms with Crippen LogP contribution in [0.1, 0.15) is 105 Å². The van der Waals surface area contributed by atoms with Crippen LogP contribution in [0.15, 0.2) is 54.1 Å². The molecule has 3 saturated carbocycles. The van der Waals surface area contributed by atoms with Crippen molar-refractivity contribution in [2.75, 3.05) is 6.61 Å². The van der Waals surface area contributed by atoms with Gasteiger partial charge in [-0.1, -0.05) is 76.6 Å². The summed E-state index contributed by atoms with van der Waals surface area (Å²) in [5.74, 6) is -1.53. The van der Waals surface area contributed by atoms with E-state index in [1.54, 1.807) is 24.3 Å². The maximum absolute atomic E-state index is 13.5. The SMILES string of the molecule is C=C1C=C2[C@@]3(C)C(CC[C@@]2(C)[C@@H]1C1COC(C)(C)[C@@H](O)[C@H](O)C1)[C@]1(C)C(C[C@H]3OC(C)=O)C(C)(C)[C@H](OC(=O)c2ccccc2)C[C@@H]1OC(C)=O. The molecule has 1 aliphatic heterocycles. The molecule has 9 heteroatoms. The Balaban J connectivity index is 1.42. The normalized spacial score (nSPS) is 42.6. The van der Waals surface area contributed by atoms with Crippen molar-refractivity contribution in [3.05, 3.63) is 59.7 Å². The van der Waals surface area contributed by atoms with Crippen LogP contribution in [0, 0.1) is 45.3 Å². The van der Waals surface area contributed by atoms with Crippen LogP contribution in [0.4, 0.5) is 0 Å². The Labute approximate surface area is 303 Å². The molecule has 2 N–H and O–H groups in total. The summed E-state index contributed by atoms with van der Waals surface area (Å²) in [5, 5.41) is 22.0. The van der Waals surface area contributed by atoms with Crippen LogP contribution in [-0.2, 0) is 28.5 Å². The van der Waals surface area contributed by atoms with E-state index in [9.17, 15) is 24.6 Å². The standard InChI is InChI=1S/C42H58O9/c1-23-18-31-40(8,35(23)27-19-28(45)36(46)39(6,7)48-22-27)17-16-29-41(9)30(20-33(42(29,31)10)49-24(2)43)38(4,5)32(21-34(41)50-25(3)44)51-37(47)26-14-12-11-13-15-26/h11-15,18,27-30,32-36,45-46H,1,16-17,19-22H2,2-10H3/t27?,28-,29?,30?,32-,33-,34+,35+,36+,40-,41-,42-/m1/s1. The maximum Gasteiger partial charge on any atom is 0.338 e. The number of carbonyl (C=O) groups excluding carboxylic acids is 3. The predicted molar refractivity (Wildman–Crippen MR) is 191 cm³/mol. The highest BCUT2D eigenvalue weighted by Crippen LogP contribution is 2.74. The minimum atomic E-state index is -1.02. The van der Waals surface area contributed by atoms with E-state index in [0.29, 0.717) is 31.4 Å². The van der Waals surface area contributed by atoms with E-state index in [1.165, 1.54) is 19.4 Å². The molecular weight excluding hydrogens is 648 g/mol. The average Bonchev–Trinajstić information content (AvgIpc) is 3.27. The molecule has 3 unspecified atom stereocenters. The molecule has 4 fully saturated rings. The first-order chi connectivity index (χ1) is 23.7. The quantitative estimate of drug-likeness (QED) is 0.257. The molecule has 6 rings (SSSR count). The van der Waals surface area contributed by atoms with Gasteiger partial charge in [0.25, 0.3) is 0 Å². The van der Waals surface area contributed by atoms with Gasteiger partial charge in [-0.15, -0.1) is 0 Å². The van der Waals surface area contributed by atoms with Gasteiger partial charge in [-0.25, -0.2) is 4.79 Å². The van der Waals surface area contributed by atoms with Gasteiger partial charge in [0.05, 0.1) is 23.9 Å². The van der Waals surface area contributed by atoms with E-state index in [-0.39, 0.29) is 41.0 Å². The summed E-state index contributed by atoms with van der Waals surface area (Å²) in [4.78, 5) is 39.2. The van der Waals surface area contributed by atoms with Gasteiger partial charge in [-0.05, 0) is 80.8 Å². The Morgan fingerprint density at radius 3 is 2.08 bits per heavy atom. The molecule has 0 amide bonds. The van der Waals surface area contributed by atoms with Gasteiger partial charge in [-0.3, -0.25) is 9.59 Å². The minimum Gasteiger partial charge on any atom is -0.462 e. The molecule has 1 saturated heterocycles. The molecule has 1 heterocycles. The van der Waals surface area contributed by atoms with Crippen LogP contribution in [-0.4, -0.2) is 70.8 Å². The Kier molecular flexibility index (Phi) is 9.50. The lowest BCUT2D eigenvalue weighted by molar-refractivity contribution is -0.259. The van der Waals surface area contributed by atoms with E-state index < -0.39 is 58.3 Å². The zero-order valence-electron chi connectivity index (χ0n) is 31.9. The predicted octanol–water partition coefficient (Wildman–Crippen LogP) is 6.60. The summed E-state index contributed by atoms with van der Waals surface area (Å²) in [5.41, 5.74) is -0.469. The average molecular weight is 707 g/mol. The van der Waals surface area contributed by atoms with E-state index in [1.807, 2.05) is 19.9 Å². The van der Waals surface area contributed by atoms with Gasteiger partial charge < -0.3 is 29.2 Å². The summed E-state index contributed by atoms with van der Waals surface area (Å²) < 4.78 is 25.2. The van der Waals surface area contributed by atoms with Crippen LogP contribution in [0.25, 0.3) is 0 Å². The molecule has 280 valence electrons. The summed E-state index contributed by atoms with van der Waals surface area (Å²) in [6.07, 6.45) is 1.42. The molecule has 0 radical (unpaired) electrons. The largest absolute Gasteiger partial charge is 0.462 e. The van der Waals surface area contributed by atoms with E-state index in [2.05, 4.69) is 47.3 Å². The number of fused-ring (bicyclic) bond motifs is 5. The fourth-order valence-corrected chi connectivity index (χ4v) is 12.0. The second kappa shape index (κ2) is 12.8. The minimum absolute atomic E-state index is 0.0571. The highest BCUT2D eigenvalue weighted by atomic mass is 16.6. The Hall–Kier alpha value is -3.01. The summed E-state index contributed by atoms with van der Waals surface area (Å²) in [6, 6.07) is 8.92. The number of benzene rings is 1. The monoisotopic (exact) mass is 706 g/mol. The van der Waals surface area contributed by atoms with Crippen molar-refractivity contribution in [2.24, 2.45) is 45.3 Å². The number of hydrogen-bond acceptors (Lipinski definition) is 9. The number of aliphatic hydroxyl groups excluding tert-OH is 2. The van der Waals surface area contributed by atoms with Crippen molar-refractivity contribution in [3.63, 3.8) is 0 Å². The lowest BCUT2D eigenvalue weighted by Gasteiger charge is -2.70. The molecule has 1 aromatic rings. The second-order valence-corrected chi connectivity index (χ2v) is 18.0. The Morgan fingerprint density at radius 1 is 0.824 bits per heavy atom. The van der Waals surface area contributed by atoms with Crippen LogP contribution in [0.5, 0.6) is 0 Å². The summed E-state index contributed by atoms with van der Waals surface area (Å²) in [7, 11) is 0. The number of carbonyl (C=O) groups is 3. The van der Waals surface area contributed by atoms with Gasteiger partial charge >= 0.3 is 17.9 Å². The first-order valence-corrected chi connectivity index (χ1v) is 18.7. The first-order valence-electron chi connectivity index (χ1n) is 18.7. The number of hydrogen-bond donors (Lipinski definition) is 2. The Morgan fingerprint density at radius 2 is 1.45 bits per heavy atom. The zero-order valence-corrected chi connectivity index (χ0v) is 31.9. The van der Waals surface area contributed by atoms with Gasteiger partial charge in [-0.2, -0.15) is 0 Å². The molecule has 0 bridgehead atoms. The number of allylic oxidation sites excluding steroid dienone is 2. The third-order valence-electron chi connectivity index (χ3n) is 14.4. The summed E-state index contributed by atoms with van der Waals surface area (Å²) in [6.45, 7) is 22.4. The number of esters is 3. The lowest BCUT2D eigenvalue weighted by atomic mass is 9.36. The molecule has 0 spiro atoms. The van der Waals surface area contributed by atoms with Crippen LogP contribution >= 0.6 is 0 Å². The molecule has 4 aliphatic carbocycles. The first kappa shape index (κ1) is 37.7. The van der Waals surface area contributed by atoms with Gasteiger partial charge in [0, 0.05) is 36.5 Å². The van der Waals surface area contributed by atoms with E-state index >= 15 is 0 Å². The Bertz CT molecular complexity index is 1600. The van der Waals surface area contributed by atoms with Crippen LogP contribution < -0.4 is 0 Å². The third-order valence-corrected chi connectivity index (χ3v) is 14.4. The van der Waals surface area contributed by atoms with Crippen molar-refractivity contribution < 1.29 is 43.5 Å². The molecule has 0 aromatic heterocycles. The van der Waals surface area contributed by atoms with Crippen molar-refractivity contribution >= 4 is 17.9 Å². The fourth-order valence-electron chi connectivity index (χ4n) is 12.0. The van der Waals surface area contributed by atoms with Gasteiger partial charge in [0.15, 0.2) is 0 Å². The van der Waals surface area contributed by atoms with Gasteiger partial charge in [0.2, 0.25) is 0 Å². The molecule has 1 aromatic carbocycles. The maximum atomic E-state index is 13.5. The zero-order chi connectivity index (χ0) is 37.5. The number of rotatable bonds is 5. The highest BCUT2D eigenvalue weighted by Gasteiger charge is 2.73. The van der Waals surface area contributed by atoms with Crippen molar-refractivity contribution in [2.45, 2.75) is 131 Å². The molecular formula is C42H58O9. The smallest absolute Gasteiger partial charge is 0.338 e. The molecule has 51 heavy (non-hydrogen) atoms. The summed E-state index contributed by atoms with van der Waals surface area (Å²) >= 11 is 0. The van der Waals surface area contributed by atoms with E-state index in [0.717, 1.165) is 18.4 Å². The molecule has 5 aliphatic rings. The van der Waals surface area contributed by atoms with Crippen molar-refractivity contribution in [1.29, 1.82) is 0 Å². The third kappa shape index (κ3) is 5.90. The number of ether oxygens (including phenoxy) is 4.